The van der Waals surface area contributed by atoms with Crippen molar-refractivity contribution in [1.29, 1.82) is 0 Å². The van der Waals surface area contributed by atoms with Crippen LogP contribution in [0.2, 0.25) is 5.02 Å². The highest BCUT2D eigenvalue weighted by Gasteiger charge is 2.40. The number of hydrogen-bond acceptors (Lipinski definition) is 6. The summed E-state index contributed by atoms with van der Waals surface area (Å²) in [6.45, 7) is 2.37. The number of hydrogen-bond donors (Lipinski definition) is 2. The molecule has 0 bridgehead atoms. The lowest BCUT2D eigenvalue weighted by Crippen LogP contribution is -2.53. The molecule has 4 aromatic rings. The average Bonchev–Trinajstić information content (AvgIpc) is 3.28. The lowest BCUT2D eigenvalue weighted by molar-refractivity contribution is 0.0524. The van der Waals surface area contributed by atoms with Crippen LogP contribution in [0.15, 0.2) is 60.9 Å². The number of carbonyl (C=O) groups is 1. The molecular formula is C25H26ClN7O2. The van der Waals surface area contributed by atoms with Gasteiger partial charge in [0.15, 0.2) is 11.5 Å². The van der Waals surface area contributed by atoms with Crippen molar-refractivity contribution in [2.45, 2.75) is 50.7 Å². The molecular weight excluding hydrogens is 466 g/mol. The quantitative estimate of drug-likeness (QED) is 0.384. The summed E-state index contributed by atoms with van der Waals surface area (Å²) in [5.41, 5.74) is 1.63. The number of benzene rings is 1. The van der Waals surface area contributed by atoms with Gasteiger partial charge in [-0.15, -0.1) is 10.2 Å². The Bertz CT molecular complexity index is 1350. The Balaban J connectivity index is 1.37. The van der Waals surface area contributed by atoms with Crippen LogP contribution >= 0.6 is 11.6 Å². The maximum atomic E-state index is 12.2. The van der Waals surface area contributed by atoms with E-state index in [0.717, 1.165) is 24.8 Å². The van der Waals surface area contributed by atoms with Gasteiger partial charge in [0.25, 0.3) is 0 Å². The summed E-state index contributed by atoms with van der Waals surface area (Å²) < 4.78 is 1.82. The molecule has 9 nitrogen and oxygen atoms in total. The molecule has 0 spiro atoms. The number of pyridine rings is 1. The third-order valence-electron chi connectivity index (χ3n) is 6.62. The topological polar surface area (TPSA) is 109 Å². The first-order valence-electron chi connectivity index (χ1n) is 11.6. The van der Waals surface area contributed by atoms with E-state index in [1.807, 2.05) is 66.1 Å². The zero-order valence-electron chi connectivity index (χ0n) is 19.3. The van der Waals surface area contributed by atoms with Gasteiger partial charge >= 0.3 is 6.09 Å². The molecule has 1 fully saturated rings. The lowest BCUT2D eigenvalue weighted by atomic mass is 9.79. The Morgan fingerprint density at radius 2 is 2.03 bits per heavy atom. The van der Waals surface area contributed by atoms with Gasteiger partial charge in [-0.1, -0.05) is 48.0 Å². The zero-order chi connectivity index (χ0) is 24.4. The number of fused-ring (bicyclic) bond motifs is 1. The number of nitrogens with zero attached hydrogens (tertiary/aromatic N) is 6. The van der Waals surface area contributed by atoms with Crippen molar-refractivity contribution >= 4 is 29.3 Å². The van der Waals surface area contributed by atoms with Crippen molar-refractivity contribution in [3.05, 3.63) is 71.5 Å². The molecule has 1 saturated carbocycles. The number of halogens is 1. The maximum absolute atomic E-state index is 12.2. The van der Waals surface area contributed by atoms with E-state index in [9.17, 15) is 9.90 Å². The Labute approximate surface area is 207 Å². The van der Waals surface area contributed by atoms with E-state index in [1.54, 1.807) is 11.1 Å². The Kier molecular flexibility index (Phi) is 6.25. The second-order valence-electron chi connectivity index (χ2n) is 9.13. The molecule has 2 N–H and O–H groups in total. The number of amides is 1. The molecule has 0 aliphatic heterocycles. The number of rotatable bonds is 6. The minimum Gasteiger partial charge on any atom is -0.465 e. The molecule has 1 aromatic carbocycles. The highest BCUT2D eigenvalue weighted by atomic mass is 35.5. The minimum atomic E-state index is -0.916. The number of anilines is 1. The summed E-state index contributed by atoms with van der Waals surface area (Å²) in [4.78, 5) is 22.8. The molecule has 1 unspecified atom stereocenters. The van der Waals surface area contributed by atoms with Crippen molar-refractivity contribution in [3.8, 4) is 11.5 Å². The summed E-state index contributed by atoms with van der Waals surface area (Å²) in [5, 5.41) is 22.3. The van der Waals surface area contributed by atoms with Crippen molar-refractivity contribution in [3.63, 3.8) is 0 Å². The van der Waals surface area contributed by atoms with Gasteiger partial charge < -0.3 is 10.4 Å². The Hall–Kier alpha value is -3.72. The van der Waals surface area contributed by atoms with Gasteiger partial charge in [0, 0.05) is 24.3 Å². The Morgan fingerprint density at radius 1 is 1.23 bits per heavy atom. The largest absolute Gasteiger partial charge is 0.465 e. The summed E-state index contributed by atoms with van der Waals surface area (Å²) in [6, 6.07) is 15.3. The minimum absolute atomic E-state index is 0.00976. The molecule has 0 radical (unpaired) electrons. The van der Waals surface area contributed by atoms with Gasteiger partial charge in [-0.05, 0) is 50.3 Å². The number of aromatic nitrogens is 5. The molecule has 5 rings (SSSR count). The van der Waals surface area contributed by atoms with Crippen molar-refractivity contribution < 1.29 is 9.90 Å². The van der Waals surface area contributed by atoms with Crippen LogP contribution in [0.25, 0.3) is 17.2 Å². The molecule has 1 aliphatic rings. The van der Waals surface area contributed by atoms with Crippen molar-refractivity contribution in [2.75, 3.05) is 5.32 Å². The SMILES string of the molecule is CC1(N(Cc2ccccc2)C(=O)O)CCC[C@@H](Nc2ncc(Cl)c(-c3nnc4ccccn34)n2)C1. The van der Waals surface area contributed by atoms with Crippen molar-refractivity contribution in [2.24, 2.45) is 0 Å². The van der Waals surface area contributed by atoms with Crippen LogP contribution in [0.4, 0.5) is 10.7 Å². The molecule has 180 valence electrons. The molecule has 1 aliphatic carbocycles. The molecule has 35 heavy (non-hydrogen) atoms. The van der Waals surface area contributed by atoms with Crippen LogP contribution in [-0.4, -0.2) is 52.2 Å². The predicted octanol–water partition coefficient (Wildman–Crippen LogP) is 5.13. The third kappa shape index (κ3) is 4.77. The number of carboxylic acid groups (broad SMARTS) is 1. The van der Waals surface area contributed by atoms with Crippen LogP contribution in [0, 0.1) is 0 Å². The maximum Gasteiger partial charge on any atom is 0.408 e. The van der Waals surface area contributed by atoms with Crippen LogP contribution in [-0.2, 0) is 6.54 Å². The highest BCUT2D eigenvalue weighted by molar-refractivity contribution is 6.32. The lowest BCUT2D eigenvalue weighted by Gasteiger charge is -2.45. The van der Waals surface area contributed by atoms with Crippen LogP contribution < -0.4 is 5.32 Å². The van der Waals surface area contributed by atoms with E-state index < -0.39 is 11.6 Å². The third-order valence-corrected chi connectivity index (χ3v) is 6.90. The fourth-order valence-electron chi connectivity index (χ4n) is 4.87. The van der Waals surface area contributed by atoms with Gasteiger partial charge in [0.05, 0.1) is 11.2 Å². The summed E-state index contributed by atoms with van der Waals surface area (Å²) >= 11 is 6.42. The van der Waals surface area contributed by atoms with E-state index in [2.05, 4.69) is 25.5 Å². The zero-order valence-corrected chi connectivity index (χ0v) is 20.1. The summed E-state index contributed by atoms with van der Waals surface area (Å²) in [6.07, 6.45) is 5.71. The van der Waals surface area contributed by atoms with Crippen LogP contribution in [0.1, 0.15) is 38.2 Å². The first-order chi connectivity index (χ1) is 16.9. The van der Waals surface area contributed by atoms with Gasteiger partial charge in [-0.2, -0.15) is 0 Å². The second kappa shape index (κ2) is 9.50. The van der Waals surface area contributed by atoms with E-state index in [-0.39, 0.29) is 6.04 Å². The predicted molar refractivity (Wildman–Crippen MR) is 133 cm³/mol. The summed E-state index contributed by atoms with van der Waals surface area (Å²) in [5.74, 6) is 0.959. The monoisotopic (exact) mass is 491 g/mol. The van der Waals surface area contributed by atoms with Gasteiger partial charge in [0.2, 0.25) is 5.95 Å². The first kappa shape index (κ1) is 23.0. The summed E-state index contributed by atoms with van der Waals surface area (Å²) in [7, 11) is 0. The standard InChI is InChI=1S/C25H26ClN7O2/c1-25(33(24(34)35)16-17-8-3-2-4-9-17)12-7-10-18(14-25)28-23-27-15-19(26)21(29-23)22-31-30-20-11-5-6-13-32(20)22/h2-6,8-9,11,13,15,18H,7,10,12,14,16H2,1H3,(H,34,35)(H,27,28,29)/t18-,25?/m1/s1. The Morgan fingerprint density at radius 3 is 2.83 bits per heavy atom. The van der Waals surface area contributed by atoms with E-state index in [1.165, 1.54) is 0 Å². The molecule has 10 heteroatoms. The average molecular weight is 492 g/mol. The van der Waals surface area contributed by atoms with Crippen LogP contribution in [0.5, 0.6) is 0 Å². The highest BCUT2D eigenvalue weighted by Crippen LogP contribution is 2.36. The van der Waals surface area contributed by atoms with Gasteiger partial charge in [0.1, 0.15) is 5.69 Å². The van der Waals surface area contributed by atoms with Gasteiger partial charge in [-0.3, -0.25) is 9.30 Å². The van der Waals surface area contributed by atoms with Gasteiger partial charge in [-0.25, -0.2) is 14.8 Å². The molecule has 2 atom stereocenters. The molecule has 0 saturated heterocycles. The first-order valence-corrected chi connectivity index (χ1v) is 11.9. The fraction of sp³-hybridized carbons (Fsp3) is 0.320. The fourth-order valence-corrected chi connectivity index (χ4v) is 5.04. The molecule has 3 heterocycles. The van der Waals surface area contributed by atoms with Crippen LogP contribution in [0.3, 0.4) is 0 Å². The smallest absolute Gasteiger partial charge is 0.408 e. The normalized spacial score (nSPS) is 20.0. The van der Waals surface area contributed by atoms with Crippen molar-refractivity contribution in [1.82, 2.24) is 29.5 Å². The van der Waals surface area contributed by atoms with E-state index in [4.69, 9.17) is 11.6 Å². The second-order valence-corrected chi connectivity index (χ2v) is 9.54. The number of nitrogens with one attached hydrogen (secondary N) is 1. The van der Waals surface area contributed by atoms with E-state index in [0.29, 0.717) is 41.1 Å². The molecule has 3 aromatic heterocycles. The van der Waals surface area contributed by atoms with E-state index >= 15 is 0 Å². The molecule has 1 amide bonds.